The molecule has 4 nitrogen and oxygen atoms in total. The number of rotatable bonds is 7. The molecule has 2 heterocycles. The highest BCUT2D eigenvalue weighted by atomic mass is 31.1. The summed E-state index contributed by atoms with van der Waals surface area (Å²) in [5.41, 5.74) is 6.92. The summed E-state index contributed by atoms with van der Waals surface area (Å²) in [5.74, 6) is 2.36. The van der Waals surface area contributed by atoms with Crippen LogP contribution in [-0.4, -0.2) is 43.5 Å². The minimum absolute atomic E-state index is 0.0103. The minimum Gasteiger partial charge on any atom is -0.493 e. The van der Waals surface area contributed by atoms with Crippen LogP contribution in [0.15, 0.2) is 24.3 Å². The molecule has 0 saturated carbocycles. The Labute approximate surface area is 238 Å². The molecule has 0 bridgehead atoms. The Bertz CT molecular complexity index is 1140. The molecule has 2 saturated heterocycles. The van der Waals surface area contributed by atoms with Crippen LogP contribution >= 0.6 is 7.92 Å². The van der Waals surface area contributed by atoms with Gasteiger partial charge in [0.2, 0.25) is 0 Å². The monoisotopic (exact) mass is 554 g/mol. The zero-order valence-corrected chi connectivity index (χ0v) is 27.3. The molecule has 0 unspecified atom stereocenters. The van der Waals surface area contributed by atoms with Gasteiger partial charge in [-0.05, 0) is 73.3 Å². The molecular formula is C34H51O4P. The van der Waals surface area contributed by atoms with Gasteiger partial charge in [-0.2, -0.15) is 0 Å². The van der Waals surface area contributed by atoms with E-state index in [9.17, 15) is 0 Å². The largest absolute Gasteiger partial charge is 0.493 e. The highest BCUT2D eigenvalue weighted by molar-refractivity contribution is 7.69. The number of hydrogen-bond donors (Lipinski definition) is 0. The van der Waals surface area contributed by atoms with E-state index in [0.29, 0.717) is 31.0 Å². The van der Waals surface area contributed by atoms with Crippen molar-refractivity contribution in [1.82, 2.24) is 0 Å². The van der Waals surface area contributed by atoms with Crippen LogP contribution in [-0.2, 0) is 9.47 Å². The maximum atomic E-state index is 6.31. The zero-order chi connectivity index (χ0) is 28.9. The third kappa shape index (κ3) is 5.64. The molecule has 2 aromatic rings. The summed E-state index contributed by atoms with van der Waals surface area (Å²) in [6.07, 6.45) is 1.78. The molecule has 39 heavy (non-hydrogen) atoms. The standard InChI is InChI=1S/C34H51O4P/c1-21(2)24-15-25(22(3)4)31(26(16-24)23(5)6)27-17-28(35-11)29(36-12)18-30(27)39-32(7,8)19-34(20-33(39,9)10)37-13-14-38-34/h15-18,21-23H,13-14,19-20H2,1-12H3. The highest BCUT2D eigenvalue weighted by Gasteiger charge is 2.57. The molecule has 0 aromatic heterocycles. The Balaban J connectivity index is 2.06. The SMILES string of the molecule is COc1cc(-c2c(C(C)C)cc(C(C)C)cc2C(C)C)c(P2C(C)(C)CC3(CC2(C)C)OCCO3)cc1OC. The third-order valence-corrected chi connectivity index (χ3v) is 12.2. The number of hydrogen-bond acceptors (Lipinski definition) is 4. The van der Waals surface area contributed by atoms with Gasteiger partial charge >= 0.3 is 0 Å². The second kappa shape index (κ2) is 11.0. The van der Waals surface area contributed by atoms with Crippen LogP contribution in [0.4, 0.5) is 0 Å². The van der Waals surface area contributed by atoms with E-state index in [0.717, 1.165) is 24.3 Å². The lowest BCUT2D eigenvalue weighted by Gasteiger charge is -2.55. The Hall–Kier alpha value is -1.61. The van der Waals surface area contributed by atoms with Gasteiger partial charge in [-0.15, -0.1) is 0 Å². The van der Waals surface area contributed by atoms with Crippen molar-refractivity contribution in [3.63, 3.8) is 0 Å². The summed E-state index contributed by atoms with van der Waals surface area (Å²) < 4.78 is 24.5. The van der Waals surface area contributed by atoms with E-state index < -0.39 is 13.7 Å². The predicted octanol–water partition coefficient (Wildman–Crippen LogP) is 8.94. The second-order valence-electron chi connectivity index (χ2n) is 13.7. The molecular weight excluding hydrogens is 503 g/mol. The summed E-state index contributed by atoms with van der Waals surface area (Å²) in [6.45, 7) is 24.9. The van der Waals surface area contributed by atoms with Gasteiger partial charge in [0.25, 0.3) is 0 Å². The molecule has 2 aliphatic rings. The van der Waals surface area contributed by atoms with Crippen molar-refractivity contribution in [2.45, 2.75) is 116 Å². The lowest BCUT2D eigenvalue weighted by atomic mass is 9.81. The van der Waals surface area contributed by atoms with Gasteiger partial charge in [-0.3, -0.25) is 0 Å². The molecule has 1 spiro atoms. The Morgan fingerprint density at radius 3 is 1.56 bits per heavy atom. The smallest absolute Gasteiger partial charge is 0.170 e. The van der Waals surface area contributed by atoms with Crippen molar-refractivity contribution in [2.24, 2.45) is 0 Å². The second-order valence-corrected chi connectivity index (χ2v) is 17.3. The fourth-order valence-corrected chi connectivity index (χ4v) is 11.6. The first-order chi connectivity index (χ1) is 18.2. The molecule has 5 heteroatoms. The average Bonchev–Trinajstić information content (AvgIpc) is 3.27. The normalized spacial score (nSPS) is 20.4. The number of ether oxygens (including phenoxy) is 4. The lowest BCUT2D eigenvalue weighted by molar-refractivity contribution is -0.178. The van der Waals surface area contributed by atoms with Crippen molar-refractivity contribution in [2.75, 3.05) is 27.4 Å². The van der Waals surface area contributed by atoms with Crippen LogP contribution in [0.2, 0.25) is 0 Å². The van der Waals surface area contributed by atoms with Gasteiger partial charge < -0.3 is 18.9 Å². The van der Waals surface area contributed by atoms with Crippen LogP contribution in [0.5, 0.6) is 11.5 Å². The molecule has 2 aromatic carbocycles. The highest BCUT2D eigenvalue weighted by Crippen LogP contribution is 2.69. The summed E-state index contributed by atoms with van der Waals surface area (Å²) in [4.78, 5) is 0. The number of benzene rings is 2. The van der Waals surface area contributed by atoms with E-state index in [4.69, 9.17) is 18.9 Å². The third-order valence-electron chi connectivity index (χ3n) is 8.57. The van der Waals surface area contributed by atoms with Gasteiger partial charge in [-0.1, -0.05) is 89.3 Å². The van der Waals surface area contributed by atoms with E-state index in [2.05, 4.69) is 93.5 Å². The summed E-state index contributed by atoms with van der Waals surface area (Å²) >= 11 is 0. The lowest BCUT2D eigenvalue weighted by Crippen LogP contribution is -2.52. The first-order valence-corrected chi connectivity index (χ1v) is 16.0. The van der Waals surface area contributed by atoms with Crippen molar-refractivity contribution in [3.8, 4) is 22.6 Å². The van der Waals surface area contributed by atoms with Crippen molar-refractivity contribution in [1.29, 1.82) is 0 Å². The molecule has 0 radical (unpaired) electrons. The van der Waals surface area contributed by atoms with E-state index in [-0.39, 0.29) is 10.3 Å². The fourth-order valence-electron chi connectivity index (χ4n) is 7.23. The first-order valence-electron chi connectivity index (χ1n) is 14.7. The molecule has 0 N–H and O–H groups in total. The zero-order valence-electron chi connectivity index (χ0n) is 26.5. The van der Waals surface area contributed by atoms with Crippen LogP contribution in [0, 0.1) is 0 Å². The number of methoxy groups -OCH3 is 2. The average molecular weight is 555 g/mol. The molecule has 216 valence electrons. The van der Waals surface area contributed by atoms with E-state index in [1.807, 2.05) is 0 Å². The van der Waals surface area contributed by atoms with Gasteiger partial charge in [0.1, 0.15) is 0 Å². The molecule has 0 amide bonds. The maximum absolute atomic E-state index is 6.31. The van der Waals surface area contributed by atoms with Gasteiger partial charge in [-0.25, -0.2) is 0 Å². The first kappa shape index (κ1) is 30.4. The quantitative estimate of drug-likeness (QED) is 0.320. The molecule has 4 rings (SSSR count). The van der Waals surface area contributed by atoms with Gasteiger partial charge in [0.05, 0.1) is 27.4 Å². The summed E-state index contributed by atoms with van der Waals surface area (Å²) in [7, 11) is 2.83. The molecule has 2 aliphatic heterocycles. The van der Waals surface area contributed by atoms with E-state index >= 15 is 0 Å². The minimum atomic E-state index is -0.658. The topological polar surface area (TPSA) is 36.9 Å². The van der Waals surface area contributed by atoms with Gasteiger partial charge in [0, 0.05) is 12.8 Å². The van der Waals surface area contributed by atoms with Gasteiger partial charge in [0.15, 0.2) is 17.3 Å². The molecule has 0 atom stereocenters. The molecule has 2 fully saturated rings. The fraction of sp³-hybridized carbons (Fsp3) is 0.647. The van der Waals surface area contributed by atoms with Crippen LogP contribution in [0.3, 0.4) is 0 Å². The Morgan fingerprint density at radius 1 is 0.692 bits per heavy atom. The summed E-state index contributed by atoms with van der Waals surface area (Å²) in [6, 6.07) is 9.47. The van der Waals surface area contributed by atoms with Crippen molar-refractivity contribution in [3.05, 3.63) is 41.0 Å². The van der Waals surface area contributed by atoms with Crippen LogP contribution in [0.25, 0.3) is 11.1 Å². The van der Waals surface area contributed by atoms with E-state index in [1.54, 1.807) is 14.2 Å². The maximum Gasteiger partial charge on any atom is 0.170 e. The van der Waals surface area contributed by atoms with E-state index in [1.165, 1.54) is 33.1 Å². The molecule has 0 aliphatic carbocycles. The van der Waals surface area contributed by atoms with Crippen LogP contribution in [0.1, 0.15) is 117 Å². The van der Waals surface area contributed by atoms with Crippen LogP contribution < -0.4 is 14.8 Å². The van der Waals surface area contributed by atoms with Crippen molar-refractivity contribution >= 4 is 13.2 Å². The van der Waals surface area contributed by atoms with Crippen molar-refractivity contribution < 1.29 is 18.9 Å². The Morgan fingerprint density at radius 2 is 1.15 bits per heavy atom. The summed E-state index contributed by atoms with van der Waals surface area (Å²) in [5, 5.41) is 1.37. The predicted molar refractivity (Wildman–Crippen MR) is 166 cm³/mol. The Kier molecular flexibility index (Phi) is 8.55.